The molecule has 0 amide bonds. The number of amidine groups is 1. The Hall–Kier alpha value is -1.34. The quantitative estimate of drug-likeness (QED) is 0.359. The highest BCUT2D eigenvalue weighted by atomic mass is 79.9. The molecular formula is C13H19BrFN3O2. The van der Waals surface area contributed by atoms with Crippen LogP contribution < -0.4 is 10.6 Å². The molecule has 0 aromatic heterocycles. The first-order valence-corrected chi connectivity index (χ1v) is 6.94. The van der Waals surface area contributed by atoms with Crippen molar-refractivity contribution >= 4 is 27.5 Å². The van der Waals surface area contributed by atoms with Crippen LogP contribution in [-0.4, -0.2) is 37.3 Å². The van der Waals surface area contributed by atoms with Gasteiger partial charge in [-0.1, -0.05) is 5.16 Å². The molecule has 0 bridgehead atoms. The molecule has 0 fully saturated rings. The summed E-state index contributed by atoms with van der Waals surface area (Å²) in [7, 11) is 1.60. The molecule has 0 radical (unpaired) electrons. The van der Waals surface area contributed by atoms with E-state index in [1.807, 2.05) is 18.7 Å². The van der Waals surface area contributed by atoms with Gasteiger partial charge in [-0.05, 0) is 41.9 Å². The van der Waals surface area contributed by atoms with Crippen LogP contribution in [0.4, 0.5) is 10.1 Å². The van der Waals surface area contributed by atoms with E-state index in [0.29, 0.717) is 24.4 Å². The lowest BCUT2D eigenvalue weighted by Crippen LogP contribution is -2.34. The summed E-state index contributed by atoms with van der Waals surface area (Å²) in [6, 6.07) is 3.34. The number of methoxy groups -OCH3 is 1. The summed E-state index contributed by atoms with van der Waals surface area (Å²) in [6.45, 7) is 5.01. The van der Waals surface area contributed by atoms with E-state index in [9.17, 15) is 4.39 Å². The second-order valence-corrected chi connectivity index (χ2v) is 5.32. The van der Waals surface area contributed by atoms with Crippen LogP contribution in [0.2, 0.25) is 0 Å². The van der Waals surface area contributed by atoms with Crippen molar-refractivity contribution < 1.29 is 14.3 Å². The fourth-order valence-electron chi connectivity index (χ4n) is 1.86. The van der Waals surface area contributed by atoms with Crippen LogP contribution in [0.5, 0.6) is 0 Å². The number of anilines is 1. The third kappa shape index (κ3) is 3.61. The maximum absolute atomic E-state index is 14.5. The standard InChI is InChI=1S/C13H19BrFN3O2/c1-8(2)18(6-7-20-3)10-5-4-9(13(16)17-19)11(14)12(10)15/h4-5,8,19H,6-7H2,1-3H3,(H2,16,17). The van der Waals surface area contributed by atoms with Crippen LogP contribution in [-0.2, 0) is 4.74 Å². The molecule has 0 aliphatic carbocycles. The van der Waals surface area contributed by atoms with Crippen molar-refractivity contribution in [3.8, 4) is 0 Å². The maximum Gasteiger partial charge on any atom is 0.171 e. The van der Waals surface area contributed by atoms with Crippen molar-refractivity contribution in [1.29, 1.82) is 0 Å². The van der Waals surface area contributed by atoms with Gasteiger partial charge in [-0.2, -0.15) is 0 Å². The highest BCUT2D eigenvalue weighted by molar-refractivity contribution is 9.10. The minimum absolute atomic E-state index is 0.112. The molecule has 0 aliphatic heterocycles. The van der Waals surface area contributed by atoms with E-state index < -0.39 is 5.82 Å². The minimum Gasteiger partial charge on any atom is -0.409 e. The second kappa shape index (κ2) is 7.44. The maximum atomic E-state index is 14.5. The van der Waals surface area contributed by atoms with Crippen molar-refractivity contribution in [3.05, 3.63) is 28.0 Å². The predicted molar refractivity (Wildman–Crippen MR) is 81.0 cm³/mol. The van der Waals surface area contributed by atoms with Gasteiger partial charge in [0.15, 0.2) is 11.7 Å². The lowest BCUT2D eigenvalue weighted by atomic mass is 10.1. The van der Waals surface area contributed by atoms with Gasteiger partial charge in [0, 0.05) is 25.3 Å². The smallest absolute Gasteiger partial charge is 0.171 e. The molecule has 0 heterocycles. The molecular weight excluding hydrogens is 329 g/mol. The third-order valence-corrected chi connectivity index (χ3v) is 3.69. The second-order valence-electron chi connectivity index (χ2n) is 4.53. The van der Waals surface area contributed by atoms with Crippen molar-refractivity contribution in [2.45, 2.75) is 19.9 Å². The number of nitrogens with zero attached hydrogens (tertiary/aromatic N) is 2. The monoisotopic (exact) mass is 347 g/mol. The molecule has 1 aromatic rings. The number of hydrogen-bond acceptors (Lipinski definition) is 4. The Labute approximate surface area is 126 Å². The highest BCUT2D eigenvalue weighted by Gasteiger charge is 2.19. The topological polar surface area (TPSA) is 71.1 Å². The highest BCUT2D eigenvalue weighted by Crippen LogP contribution is 2.30. The number of hydrogen-bond donors (Lipinski definition) is 2. The van der Waals surface area contributed by atoms with Crippen LogP contribution in [0.1, 0.15) is 19.4 Å². The zero-order valence-electron chi connectivity index (χ0n) is 11.7. The van der Waals surface area contributed by atoms with Crippen LogP contribution >= 0.6 is 15.9 Å². The Kier molecular flexibility index (Phi) is 6.22. The number of oxime groups is 1. The van der Waals surface area contributed by atoms with Crippen LogP contribution in [0.15, 0.2) is 21.8 Å². The Bertz CT molecular complexity index is 495. The minimum atomic E-state index is -0.445. The van der Waals surface area contributed by atoms with Crippen LogP contribution in [0.25, 0.3) is 0 Å². The van der Waals surface area contributed by atoms with Gasteiger partial charge >= 0.3 is 0 Å². The molecule has 20 heavy (non-hydrogen) atoms. The van der Waals surface area contributed by atoms with Crippen LogP contribution in [0, 0.1) is 5.82 Å². The molecule has 3 N–H and O–H groups in total. The summed E-state index contributed by atoms with van der Waals surface area (Å²) in [5.41, 5.74) is 6.25. The van der Waals surface area contributed by atoms with E-state index in [1.54, 1.807) is 19.2 Å². The molecule has 1 rings (SSSR count). The third-order valence-electron chi connectivity index (χ3n) is 2.91. The molecule has 5 nitrogen and oxygen atoms in total. The molecule has 1 aromatic carbocycles. The van der Waals surface area contributed by atoms with E-state index >= 15 is 0 Å². The zero-order chi connectivity index (χ0) is 15.3. The summed E-state index contributed by atoms with van der Waals surface area (Å²) in [5, 5.41) is 11.6. The normalized spacial score (nSPS) is 12.0. The Morgan fingerprint density at radius 2 is 2.20 bits per heavy atom. The summed E-state index contributed by atoms with van der Waals surface area (Å²) in [6.07, 6.45) is 0. The van der Waals surface area contributed by atoms with Crippen molar-refractivity contribution in [2.75, 3.05) is 25.2 Å². The van der Waals surface area contributed by atoms with Gasteiger partial charge in [-0.25, -0.2) is 4.39 Å². The molecule has 0 aliphatic rings. The van der Waals surface area contributed by atoms with Crippen LogP contribution in [0.3, 0.4) is 0 Å². The summed E-state index contributed by atoms with van der Waals surface area (Å²) < 4.78 is 19.7. The molecule has 0 spiro atoms. The molecule has 0 unspecified atom stereocenters. The first-order chi connectivity index (χ1) is 9.43. The first kappa shape index (κ1) is 16.7. The van der Waals surface area contributed by atoms with Gasteiger partial charge < -0.3 is 20.6 Å². The van der Waals surface area contributed by atoms with Crippen molar-refractivity contribution in [3.63, 3.8) is 0 Å². The number of ether oxygens (including phenoxy) is 1. The van der Waals surface area contributed by atoms with Gasteiger partial charge in [-0.15, -0.1) is 0 Å². The SMILES string of the molecule is COCCN(c1ccc(/C(N)=N/O)c(Br)c1F)C(C)C. The van der Waals surface area contributed by atoms with Gasteiger partial charge in [0.2, 0.25) is 0 Å². The largest absolute Gasteiger partial charge is 0.409 e. The lowest BCUT2D eigenvalue weighted by molar-refractivity contribution is 0.203. The van der Waals surface area contributed by atoms with E-state index in [1.165, 1.54) is 0 Å². The van der Waals surface area contributed by atoms with Gasteiger partial charge in [0.1, 0.15) is 0 Å². The molecule has 0 saturated heterocycles. The number of halogens is 2. The lowest BCUT2D eigenvalue weighted by Gasteiger charge is -2.29. The van der Waals surface area contributed by atoms with E-state index in [-0.39, 0.29) is 16.4 Å². The fraction of sp³-hybridized carbons (Fsp3) is 0.462. The molecule has 7 heteroatoms. The van der Waals surface area contributed by atoms with Gasteiger partial charge in [-0.3, -0.25) is 0 Å². The average molecular weight is 348 g/mol. The van der Waals surface area contributed by atoms with Crippen molar-refractivity contribution in [2.24, 2.45) is 10.9 Å². The molecule has 0 atom stereocenters. The van der Waals surface area contributed by atoms with E-state index in [0.717, 1.165) is 0 Å². The zero-order valence-corrected chi connectivity index (χ0v) is 13.3. The molecule has 112 valence electrons. The Balaban J connectivity index is 3.21. The molecule has 0 saturated carbocycles. The average Bonchev–Trinajstić information content (AvgIpc) is 2.42. The predicted octanol–water partition coefficient (Wildman–Crippen LogP) is 2.54. The van der Waals surface area contributed by atoms with Gasteiger partial charge in [0.25, 0.3) is 0 Å². The summed E-state index contributed by atoms with van der Waals surface area (Å²) in [5.74, 6) is -0.589. The fourth-order valence-corrected chi connectivity index (χ4v) is 2.40. The summed E-state index contributed by atoms with van der Waals surface area (Å²) >= 11 is 3.15. The number of nitrogens with two attached hydrogens (primary N) is 1. The van der Waals surface area contributed by atoms with E-state index in [2.05, 4.69) is 21.1 Å². The number of benzene rings is 1. The first-order valence-electron chi connectivity index (χ1n) is 6.15. The van der Waals surface area contributed by atoms with Crippen molar-refractivity contribution in [1.82, 2.24) is 0 Å². The Morgan fingerprint density at radius 3 is 2.70 bits per heavy atom. The summed E-state index contributed by atoms with van der Waals surface area (Å²) in [4.78, 5) is 1.89. The van der Waals surface area contributed by atoms with E-state index in [4.69, 9.17) is 15.7 Å². The van der Waals surface area contributed by atoms with Gasteiger partial charge in [0.05, 0.1) is 16.8 Å². The Morgan fingerprint density at radius 1 is 1.55 bits per heavy atom. The number of rotatable bonds is 6.